The predicted molar refractivity (Wildman–Crippen MR) is 102 cm³/mol. The van der Waals surface area contributed by atoms with Crippen molar-refractivity contribution in [2.45, 2.75) is 25.4 Å². The van der Waals surface area contributed by atoms with Crippen molar-refractivity contribution in [3.63, 3.8) is 0 Å². The van der Waals surface area contributed by atoms with E-state index in [0.717, 1.165) is 29.1 Å². The van der Waals surface area contributed by atoms with Crippen LogP contribution in [0.2, 0.25) is 5.02 Å². The molecule has 1 aromatic heterocycles. The third-order valence-electron chi connectivity index (χ3n) is 4.85. The largest absolute Gasteiger partial charge is 0.352 e. The van der Waals surface area contributed by atoms with E-state index in [-0.39, 0.29) is 17.7 Å². The van der Waals surface area contributed by atoms with Gasteiger partial charge in [-0.25, -0.2) is 4.98 Å². The Morgan fingerprint density at radius 1 is 1.15 bits per heavy atom. The average Bonchev–Trinajstić information content (AvgIpc) is 3.29. The monoisotopic (exact) mass is 365 g/mol. The summed E-state index contributed by atoms with van der Waals surface area (Å²) in [7, 11) is 0. The van der Waals surface area contributed by atoms with Crippen LogP contribution in [0.5, 0.6) is 0 Å². The number of aromatic nitrogens is 2. The second kappa shape index (κ2) is 7.34. The predicted octanol–water partition coefficient (Wildman–Crippen LogP) is 4.00. The Kier molecular flexibility index (Phi) is 4.76. The summed E-state index contributed by atoms with van der Waals surface area (Å²) in [6, 6.07) is 16.1. The van der Waals surface area contributed by atoms with Crippen molar-refractivity contribution < 1.29 is 4.79 Å². The Morgan fingerprint density at radius 3 is 2.65 bits per heavy atom. The number of nitrogens with zero attached hydrogens (tertiary/aromatic N) is 2. The van der Waals surface area contributed by atoms with E-state index in [1.54, 1.807) is 12.5 Å². The maximum atomic E-state index is 12.4. The topological polar surface area (TPSA) is 46.9 Å². The number of benzene rings is 2. The molecule has 5 heteroatoms. The number of hydrogen-bond donors (Lipinski definition) is 1. The van der Waals surface area contributed by atoms with E-state index in [1.807, 2.05) is 35.0 Å². The molecule has 2 atom stereocenters. The van der Waals surface area contributed by atoms with E-state index in [0.29, 0.717) is 6.54 Å². The fourth-order valence-electron chi connectivity index (χ4n) is 3.28. The molecule has 4 nitrogen and oxygen atoms in total. The van der Waals surface area contributed by atoms with Gasteiger partial charge in [0.1, 0.15) is 0 Å². The van der Waals surface area contributed by atoms with Crippen LogP contribution in [0, 0.1) is 5.92 Å². The molecular formula is C21H20ClN3O. The number of amides is 1. The van der Waals surface area contributed by atoms with Crippen molar-refractivity contribution in [3.05, 3.63) is 89.0 Å². The minimum absolute atomic E-state index is 0.0374. The van der Waals surface area contributed by atoms with Gasteiger partial charge < -0.3 is 9.88 Å². The standard InChI is InChI=1S/C21H20ClN3O/c22-20-4-2-1-3-17(20)18-11-19(18)21(26)24-12-15-5-7-16(8-6-15)13-25-10-9-23-14-25/h1-10,14,18-19H,11-13H2,(H,24,26). The molecule has 1 fully saturated rings. The third-order valence-corrected chi connectivity index (χ3v) is 5.19. The Balaban J connectivity index is 1.29. The lowest BCUT2D eigenvalue weighted by Crippen LogP contribution is -2.24. The van der Waals surface area contributed by atoms with Gasteiger partial charge in [-0.2, -0.15) is 0 Å². The number of rotatable bonds is 6. The minimum atomic E-state index is 0.0374. The molecule has 26 heavy (non-hydrogen) atoms. The lowest BCUT2D eigenvalue weighted by Gasteiger charge is -2.08. The lowest BCUT2D eigenvalue weighted by molar-refractivity contribution is -0.122. The van der Waals surface area contributed by atoms with Crippen LogP contribution >= 0.6 is 11.6 Å². The van der Waals surface area contributed by atoms with Crippen molar-refractivity contribution >= 4 is 17.5 Å². The highest BCUT2D eigenvalue weighted by Crippen LogP contribution is 2.49. The summed E-state index contributed by atoms with van der Waals surface area (Å²) in [4.78, 5) is 16.4. The zero-order valence-corrected chi connectivity index (χ0v) is 15.1. The normalized spacial score (nSPS) is 18.5. The highest BCUT2D eigenvalue weighted by atomic mass is 35.5. The first-order chi connectivity index (χ1) is 12.7. The summed E-state index contributed by atoms with van der Waals surface area (Å²) in [5.74, 6) is 0.397. The van der Waals surface area contributed by atoms with Gasteiger partial charge in [0.25, 0.3) is 0 Å². The minimum Gasteiger partial charge on any atom is -0.352 e. The van der Waals surface area contributed by atoms with Gasteiger partial charge in [0.05, 0.1) is 6.33 Å². The van der Waals surface area contributed by atoms with E-state index in [1.165, 1.54) is 5.56 Å². The Labute approximate surface area is 157 Å². The number of halogens is 1. The van der Waals surface area contributed by atoms with Crippen molar-refractivity contribution in [1.82, 2.24) is 14.9 Å². The van der Waals surface area contributed by atoms with E-state index in [2.05, 4.69) is 34.6 Å². The van der Waals surface area contributed by atoms with Gasteiger partial charge in [0.2, 0.25) is 5.91 Å². The number of imidazole rings is 1. The maximum absolute atomic E-state index is 12.4. The van der Waals surface area contributed by atoms with Gasteiger partial charge in [-0.05, 0) is 35.1 Å². The molecule has 1 aliphatic rings. The molecule has 1 heterocycles. The summed E-state index contributed by atoms with van der Waals surface area (Å²) in [5.41, 5.74) is 3.39. The molecule has 2 aromatic carbocycles. The summed E-state index contributed by atoms with van der Waals surface area (Å²) in [6.45, 7) is 1.35. The summed E-state index contributed by atoms with van der Waals surface area (Å²) >= 11 is 6.23. The van der Waals surface area contributed by atoms with E-state index in [4.69, 9.17) is 11.6 Å². The molecule has 0 radical (unpaired) electrons. The maximum Gasteiger partial charge on any atom is 0.224 e. The number of hydrogen-bond acceptors (Lipinski definition) is 2. The van der Waals surface area contributed by atoms with Crippen molar-refractivity contribution in [1.29, 1.82) is 0 Å². The molecule has 1 amide bonds. The Morgan fingerprint density at radius 2 is 1.92 bits per heavy atom. The fraction of sp³-hybridized carbons (Fsp3) is 0.238. The molecule has 0 spiro atoms. The van der Waals surface area contributed by atoms with E-state index in [9.17, 15) is 4.79 Å². The zero-order valence-electron chi connectivity index (χ0n) is 14.3. The Bertz CT molecular complexity index is 890. The van der Waals surface area contributed by atoms with Crippen LogP contribution < -0.4 is 5.32 Å². The third kappa shape index (κ3) is 3.81. The number of carbonyl (C=O) groups is 1. The molecule has 1 aliphatic carbocycles. The van der Waals surface area contributed by atoms with Crippen molar-refractivity contribution in [2.75, 3.05) is 0 Å². The smallest absolute Gasteiger partial charge is 0.224 e. The molecule has 0 saturated heterocycles. The molecule has 4 rings (SSSR count). The summed E-state index contributed by atoms with van der Waals surface area (Å²) in [6.07, 6.45) is 6.40. The first kappa shape index (κ1) is 16.9. The highest BCUT2D eigenvalue weighted by Gasteiger charge is 2.44. The molecule has 1 N–H and O–H groups in total. The van der Waals surface area contributed by atoms with Crippen LogP contribution in [0.1, 0.15) is 29.0 Å². The lowest BCUT2D eigenvalue weighted by atomic mass is 10.1. The van der Waals surface area contributed by atoms with Gasteiger partial charge in [-0.15, -0.1) is 0 Å². The SMILES string of the molecule is O=C(NCc1ccc(Cn2ccnc2)cc1)C1CC1c1ccccc1Cl. The quantitative estimate of drug-likeness (QED) is 0.717. The molecule has 3 aromatic rings. The number of nitrogens with one attached hydrogen (secondary N) is 1. The van der Waals surface area contributed by atoms with E-state index < -0.39 is 0 Å². The molecular weight excluding hydrogens is 346 g/mol. The summed E-state index contributed by atoms with van der Waals surface area (Å²) < 4.78 is 2.03. The van der Waals surface area contributed by atoms with Crippen LogP contribution in [-0.2, 0) is 17.9 Å². The van der Waals surface area contributed by atoms with Gasteiger partial charge in [0, 0.05) is 36.4 Å². The Hall–Kier alpha value is -2.59. The first-order valence-electron chi connectivity index (χ1n) is 8.76. The van der Waals surface area contributed by atoms with Crippen LogP contribution in [0.4, 0.5) is 0 Å². The van der Waals surface area contributed by atoms with Crippen molar-refractivity contribution in [3.8, 4) is 0 Å². The molecule has 1 saturated carbocycles. The average molecular weight is 366 g/mol. The molecule has 0 bridgehead atoms. The van der Waals surface area contributed by atoms with Gasteiger partial charge in [0.15, 0.2) is 0 Å². The number of carbonyl (C=O) groups excluding carboxylic acids is 1. The molecule has 0 aliphatic heterocycles. The molecule has 2 unspecified atom stereocenters. The van der Waals surface area contributed by atoms with Crippen LogP contribution in [-0.4, -0.2) is 15.5 Å². The van der Waals surface area contributed by atoms with Crippen LogP contribution in [0.15, 0.2) is 67.3 Å². The fourth-order valence-corrected chi connectivity index (χ4v) is 3.55. The molecule has 132 valence electrons. The first-order valence-corrected chi connectivity index (χ1v) is 9.14. The highest BCUT2D eigenvalue weighted by molar-refractivity contribution is 6.31. The zero-order chi connectivity index (χ0) is 17.9. The van der Waals surface area contributed by atoms with Gasteiger partial charge in [-0.1, -0.05) is 54.1 Å². The second-order valence-electron chi connectivity index (χ2n) is 6.74. The van der Waals surface area contributed by atoms with Crippen molar-refractivity contribution in [2.24, 2.45) is 5.92 Å². The second-order valence-corrected chi connectivity index (χ2v) is 7.15. The van der Waals surface area contributed by atoms with Crippen LogP contribution in [0.3, 0.4) is 0 Å². The van der Waals surface area contributed by atoms with E-state index >= 15 is 0 Å². The van der Waals surface area contributed by atoms with Crippen LogP contribution in [0.25, 0.3) is 0 Å². The van der Waals surface area contributed by atoms with Gasteiger partial charge in [-0.3, -0.25) is 4.79 Å². The van der Waals surface area contributed by atoms with Gasteiger partial charge >= 0.3 is 0 Å². The summed E-state index contributed by atoms with van der Waals surface area (Å²) in [5, 5.41) is 3.80.